The van der Waals surface area contributed by atoms with Crippen molar-refractivity contribution in [3.8, 4) is 11.5 Å². The van der Waals surface area contributed by atoms with Gasteiger partial charge < -0.3 is 9.47 Å². The van der Waals surface area contributed by atoms with E-state index in [9.17, 15) is 9.18 Å². The molecule has 8 heteroatoms. The van der Waals surface area contributed by atoms with Crippen LogP contribution < -0.4 is 9.47 Å². The SMILES string of the molecule is COc1cc(/C=C2/SC(=NCc3ccccc3)N(Cc3ccccc3)C2=O)cc(Br)c1OCc1cccc(F)c1. The minimum Gasteiger partial charge on any atom is -0.493 e. The Morgan fingerprint density at radius 2 is 1.62 bits per heavy atom. The lowest BCUT2D eigenvalue weighted by Crippen LogP contribution is -2.28. The van der Waals surface area contributed by atoms with Gasteiger partial charge in [0, 0.05) is 0 Å². The molecule has 0 unspecified atom stereocenters. The second-order valence-electron chi connectivity index (χ2n) is 9.02. The number of carbonyl (C=O) groups excluding carboxylic acids is 1. The molecule has 1 fully saturated rings. The summed E-state index contributed by atoms with van der Waals surface area (Å²) in [5, 5.41) is 0.657. The number of halogens is 2. The van der Waals surface area contributed by atoms with E-state index in [-0.39, 0.29) is 18.3 Å². The lowest BCUT2D eigenvalue weighted by Gasteiger charge is -2.16. The van der Waals surface area contributed by atoms with Crippen LogP contribution in [-0.4, -0.2) is 23.1 Å². The summed E-state index contributed by atoms with van der Waals surface area (Å²) in [6.07, 6.45) is 1.83. The summed E-state index contributed by atoms with van der Waals surface area (Å²) in [7, 11) is 1.55. The fourth-order valence-electron chi connectivity index (χ4n) is 4.17. The number of amidine groups is 1. The Balaban J connectivity index is 1.41. The van der Waals surface area contributed by atoms with Gasteiger partial charge in [-0.2, -0.15) is 0 Å². The number of ether oxygens (including phenoxy) is 2. The zero-order valence-corrected chi connectivity index (χ0v) is 24.1. The van der Waals surface area contributed by atoms with Crippen LogP contribution in [0, 0.1) is 5.82 Å². The van der Waals surface area contributed by atoms with E-state index in [1.54, 1.807) is 24.1 Å². The Morgan fingerprint density at radius 1 is 0.925 bits per heavy atom. The Bertz CT molecular complexity index is 1560. The monoisotopic (exact) mass is 616 g/mol. The average Bonchev–Trinajstić information content (AvgIpc) is 3.25. The summed E-state index contributed by atoms with van der Waals surface area (Å²) in [5.74, 6) is 0.560. The average molecular weight is 618 g/mol. The highest BCUT2D eigenvalue weighted by Gasteiger charge is 2.33. The van der Waals surface area contributed by atoms with Gasteiger partial charge in [0.25, 0.3) is 5.91 Å². The van der Waals surface area contributed by atoms with Crippen molar-refractivity contribution in [1.82, 2.24) is 4.90 Å². The minimum atomic E-state index is -0.319. The lowest BCUT2D eigenvalue weighted by atomic mass is 10.1. The van der Waals surface area contributed by atoms with Gasteiger partial charge in [-0.3, -0.25) is 14.7 Å². The van der Waals surface area contributed by atoms with Crippen molar-refractivity contribution in [3.63, 3.8) is 0 Å². The molecule has 5 rings (SSSR count). The van der Waals surface area contributed by atoms with Gasteiger partial charge in [-0.1, -0.05) is 72.8 Å². The quantitative estimate of drug-likeness (QED) is 0.180. The van der Waals surface area contributed by atoms with Gasteiger partial charge in [0.2, 0.25) is 0 Å². The molecule has 1 saturated heterocycles. The molecule has 0 aliphatic carbocycles. The van der Waals surface area contributed by atoms with E-state index in [0.29, 0.717) is 44.7 Å². The summed E-state index contributed by atoms with van der Waals surface area (Å²) < 4.78 is 25.8. The van der Waals surface area contributed by atoms with Crippen LogP contribution in [0.4, 0.5) is 4.39 Å². The second kappa shape index (κ2) is 13.0. The molecule has 202 valence electrons. The molecule has 5 nitrogen and oxygen atoms in total. The molecule has 0 N–H and O–H groups in total. The number of nitrogens with zero attached hydrogens (tertiary/aromatic N) is 2. The maximum atomic E-state index is 13.6. The van der Waals surface area contributed by atoms with Gasteiger partial charge in [-0.25, -0.2) is 4.39 Å². The number of hydrogen-bond donors (Lipinski definition) is 0. The van der Waals surface area contributed by atoms with Crippen LogP contribution in [-0.2, 0) is 24.5 Å². The summed E-state index contributed by atoms with van der Waals surface area (Å²) >= 11 is 4.93. The number of benzene rings is 4. The minimum absolute atomic E-state index is 0.109. The first-order chi connectivity index (χ1) is 19.5. The van der Waals surface area contributed by atoms with Gasteiger partial charge in [0.15, 0.2) is 16.7 Å². The van der Waals surface area contributed by atoms with E-state index in [2.05, 4.69) is 15.9 Å². The largest absolute Gasteiger partial charge is 0.493 e. The van der Waals surface area contributed by atoms with E-state index in [1.165, 1.54) is 23.9 Å². The molecule has 1 aliphatic rings. The molecule has 0 radical (unpaired) electrons. The summed E-state index contributed by atoms with van der Waals surface area (Å²) in [5.41, 5.74) is 3.56. The fraction of sp³-hybridized carbons (Fsp3) is 0.125. The second-order valence-corrected chi connectivity index (χ2v) is 10.9. The molecule has 4 aromatic carbocycles. The van der Waals surface area contributed by atoms with Gasteiger partial charge in [-0.15, -0.1) is 0 Å². The van der Waals surface area contributed by atoms with Gasteiger partial charge in [-0.05, 0) is 80.3 Å². The van der Waals surface area contributed by atoms with E-state index in [4.69, 9.17) is 14.5 Å². The van der Waals surface area contributed by atoms with E-state index >= 15 is 0 Å². The third-order valence-corrected chi connectivity index (χ3v) is 7.77. The number of thioether (sulfide) groups is 1. The van der Waals surface area contributed by atoms with Crippen LogP contribution in [0.2, 0.25) is 0 Å². The number of carbonyl (C=O) groups is 1. The number of aliphatic imine (C=N–C) groups is 1. The predicted molar refractivity (Wildman–Crippen MR) is 162 cm³/mol. The van der Waals surface area contributed by atoms with E-state index in [0.717, 1.165) is 16.7 Å². The first-order valence-electron chi connectivity index (χ1n) is 12.6. The summed E-state index contributed by atoms with van der Waals surface area (Å²) in [4.78, 5) is 20.7. The van der Waals surface area contributed by atoms with Crippen molar-refractivity contribution in [2.24, 2.45) is 4.99 Å². The highest BCUT2D eigenvalue weighted by Crippen LogP contribution is 2.40. The predicted octanol–water partition coefficient (Wildman–Crippen LogP) is 7.85. The Hall–Kier alpha value is -3.88. The molecule has 1 aliphatic heterocycles. The normalized spacial score (nSPS) is 15.2. The summed E-state index contributed by atoms with van der Waals surface area (Å²) in [6.45, 7) is 1.08. The third kappa shape index (κ3) is 6.81. The molecule has 40 heavy (non-hydrogen) atoms. The Kier molecular flexibility index (Phi) is 8.98. The first-order valence-corrected chi connectivity index (χ1v) is 14.2. The number of amides is 1. The molecule has 0 atom stereocenters. The van der Waals surface area contributed by atoms with Crippen molar-refractivity contribution in [2.75, 3.05) is 7.11 Å². The van der Waals surface area contributed by atoms with Crippen molar-refractivity contribution in [2.45, 2.75) is 19.7 Å². The van der Waals surface area contributed by atoms with E-state index < -0.39 is 0 Å². The van der Waals surface area contributed by atoms with Crippen molar-refractivity contribution >= 4 is 44.8 Å². The highest BCUT2D eigenvalue weighted by molar-refractivity contribution is 9.10. The van der Waals surface area contributed by atoms with Gasteiger partial charge >= 0.3 is 0 Å². The molecule has 0 bridgehead atoms. The molecule has 0 saturated carbocycles. The van der Waals surface area contributed by atoms with Crippen LogP contribution in [0.15, 0.2) is 111 Å². The fourth-order valence-corrected chi connectivity index (χ4v) is 5.72. The van der Waals surface area contributed by atoms with Crippen molar-refractivity contribution in [1.29, 1.82) is 0 Å². The van der Waals surface area contributed by atoms with Crippen LogP contribution in [0.3, 0.4) is 0 Å². The smallest absolute Gasteiger partial charge is 0.267 e. The zero-order chi connectivity index (χ0) is 27.9. The standard InChI is InChI=1S/C32H26BrFN2O3S/c1-38-28-17-25(16-27(33)30(28)39-21-24-13-8-14-26(34)15-24)18-29-31(37)36(20-23-11-6-3-7-12-23)32(40-29)35-19-22-9-4-2-5-10-22/h2-18H,19-21H2,1H3/b29-18+,35-32?. The van der Waals surface area contributed by atoms with Crippen LogP contribution in [0.1, 0.15) is 22.3 Å². The van der Waals surface area contributed by atoms with Crippen molar-refractivity contribution in [3.05, 3.63) is 135 Å². The summed E-state index contributed by atoms with van der Waals surface area (Å²) in [6, 6.07) is 29.8. The molecule has 1 amide bonds. The maximum absolute atomic E-state index is 13.6. The Morgan fingerprint density at radius 3 is 2.33 bits per heavy atom. The van der Waals surface area contributed by atoms with E-state index in [1.807, 2.05) is 78.9 Å². The van der Waals surface area contributed by atoms with Crippen LogP contribution in [0.25, 0.3) is 6.08 Å². The number of hydrogen-bond acceptors (Lipinski definition) is 5. The third-order valence-electron chi connectivity index (χ3n) is 6.13. The topological polar surface area (TPSA) is 51.1 Å². The lowest BCUT2D eigenvalue weighted by molar-refractivity contribution is -0.122. The van der Waals surface area contributed by atoms with Crippen molar-refractivity contribution < 1.29 is 18.7 Å². The van der Waals surface area contributed by atoms with Gasteiger partial charge in [0.05, 0.1) is 29.6 Å². The molecule has 0 spiro atoms. The van der Waals surface area contributed by atoms with Crippen LogP contribution in [0.5, 0.6) is 11.5 Å². The number of rotatable bonds is 9. The molecule has 0 aromatic heterocycles. The zero-order valence-electron chi connectivity index (χ0n) is 21.7. The number of methoxy groups -OCH3 is 1. The Labute approximate surface area is 245 Å². The van der Waals surface area contributed by atoms with Crippen LogP contribution >= 0.6 is 27.7 Å². The molecular formula is C32H26BrFN2O3S. The molecular weight excluding hydrogens is 591 g/mol. The first kappa shape index (κ1) is 27.7. The highest BCUT2D eigenvalue weighted by atomic mass is 79.9. The molecule has 1 heterocycles. The molecule has 4 aromatic rings. The van der Waals surface area contributed by atoms with Gasteiger partial charge in [0.1, 0.15) is 12.4 Å². The maximum Gasteiger partial charge on any atom is 0.267 e.